The van der Waals surface area contributed by atoms with Gasteiger partial charge in [-0.1, -0.05) is 20.8 Å². The predicted octanol–water partition coefficient (Wildman–Crippen LogP) is 4.66. The lowest BCUT2D eigenvalue weighted by Crippen LogP contribution is -2.18. The first-order chi connectivity index (χ1) is 10.6. The normalized spacial score (nSPS) is 12.7. The minimum Gasteiger partial charge on any atom is -0.321 e. The van der Waals surface area contributed by atoms with Crippen LogP contribution >= 0.6 is 33.9 Å². The molecule has 3 nitrogen and oxygen atoms in total. The minimum atomic E-state index is -0.537. The second kappa shape index (κ2) is 6.84. The molecule has 0 saturated heterocycles. The second-order valence-electron chi connectivity index (χ2n) is 6.33. The highest BCUT2D eigenvalue weighted by Crippen LogP contribution is 2.28. The molecule has 0 fully saturated rings. The molecule has 0 saturated carbocycles. The predicted molar refractivity (Wildman–Crippen MR) is 100 cm³/mol. The van der Waals surface area contributed by atoms with Crippen molar-refractivity contribution in [1.82, 2.24) is 4.57 Å². The number of amides is 1. The van der Waals surface area contributed by atoms with Gasteiger partial charge in [0.15, 0.2) is 4.80 Å². The number of thiazole rings is 1. The van der Waals surface area contributed by atoms with Gasteiger partial charge in [-0.25, -0.2) is 4.39 Å². The zero-order valence-electron chi connectivity index (χ0n) is 13.9. The van der Waals surface area contributed by atoms with Crippen molar-refractivity contribution in [3.8, 4) is 0 Å². The van der Waals surface area contributed by atoms with Crippen LogP contribution in [-0.2, 0) is 12.0 Å². The summed E-state index contributed by atoms with van der Waals surface area (Å²) in [5.41, 5.74) is 1.11. The minimum absolute atomic E-state index is 0.0166. The molecule has 0 unspecified atom stereocenters. The number of hydrogen-bond acceptors (Lipinski definition) is 2. The second-order valence-corrected chi connectivity index (χ2v) is 8.56. The van der Waals surface area contributed by atoms with Crippen molar-refractivity contribution in [3.63, 3.8) is 0 Å². The summed E-state index contributed by atoms with van der Waals surface area (Å²) in [4.78, 5) is 18.4. The molecule has 124 valence electrons. The largest absolute Gasteiger partial charge is 0.321 e. The Morgan fingerprint density at radius 2 is 2.04 bits per heavy atom. The monoisotopic (exact) mass is 446 g/mol. The van der Waals surface area contributed by atoms with Crippen LogP contribution in [0.25, 0.3) is 0 Å². The fourth-order valence-electron chi connectivity index (χ4n) is 2.45. The Kier molecular flexibility index (Phi) is 5.45. The summed E-state index contributed by atoms with van der Waals surface area (Å²) < 4.78 is 16.7. The number of rotatable bonds is 2. The average molecular weight is 446 g/mol. The molecule has 0 N–H and O–H groups in total. The molecule has 23 heavy (non-hydrogen) atoms. The van der Waals surface area contributed by atoms with Crippen molar-refractivity contribution in [2.24, 2.45) is 4.99 Å². The average Bonchev–Trinajstić information content (AvgIpc) is 2.77. The zero-order chi connectivity index (χ0) is 17.4. The molecule has 1 heterocycles. The van der Waals surface area contributed by atoms with Gasteiger partial charge in [-0.05, 0) is 60.1 Å². The van der Waals surface area contributed by atoms with E-state index < -0.39 is 11.7 Å². The first-order valence-corrected chi connectivity index (χ1v) is 9.29. The highest BCUT2D eigenvalue weighted by molar-refractivity contribution is 14.1. The molecule has 6 heteroatoms. The first kappa shape index (κ1) is 18.3. The van der Waals surface area contributed by atoms with Gasteiger partial charge >= 0.3 is 0 Å². The molecular formula is C17H20FIN2OS. The molecule has 0 spiro atoms. The number of carbonyl (C=O) groups excluding carboxylic acids is 1. The van der Waals surface area contributed by atoms with Gasteiger partial charge in [-0.2, -0.15) is 4.99 Å². The maximum atomic E-state index is 13.9. The van der Waals surface area contributed by atoms with Crippen LogP contribution in [0.2, 0.25) is 0 Å². The molecular weight excluding hydrogens is 426 g/mol. The van der Waals surface area contributed by atoms with Crippen molar-refractivity contribution in [3.05, 3.63) is 48.5 Å². The standard InChI is InChI=1S/C17H20FIN2OS/c1-6-21-10(2)14(17(3,4)5)23-16(21)20-15(22)12-9-11(19)7-8-13(12)18/h7-9H,6H2,1-5H3/b20-16-. The van der Waals surface area contributed by atoms with E-state index in [9.17, 15) is 9.18 Å². The van der Waals surface area contributed by atoms with E-state index in [1.807, 2.05) is 18.4 Å². The number of carbonyl (C=O) groups is 1. The van der Waals surface area contributed by atoms with Crippen molar-refractivity contribution < 1.29 is 9.18 Å². The van der Waals surface area contributed by atoms with E-state index in [1.54, 1.807) is 6.07 Å². The Morgan fingerprint density at radius 1 is 1.39 bits per heavy atom. The fraction of sp³-hybridized carbons (Fsp3) is 0.412. The van der Waals surface area contributed by atoms with Gasteiger partial charge in [0.05, 0.1) is 5.56 Å². The highest BCUT2D eigenvalue weighted by Gasteiger charge is 2.22. The van der Waals surface area contributed by atoms with Gasteiger partial charge in [-0.3, -0.25) is 4.79 Å². The van der Waals surface area contributed by atoms with Gasteiger partial charge < -0.3 is 4.57 Å². The molecule has 1 aromatic heterocycles. The smallest absolute Gasteiger partial charge is 0.282 e. The first-order valence-electron chi connectivity index (χ1n) is 7.40. The molecule has 0 aliphatic heterocycles. The van der Waals surface area contributed by atoms with Crippen molar-refractivity contribution in [2.75, 3.05) is 0 Å². The van der Waals surface area contributed by atoms with E-state index in [0.29, 0.717) is 4.80 Å². The lowest BCUT2D eigenvalue weighted by molar-refractivity contribution is 0.0994. The molecule has 0 aliphatic carbocycles. The summed E-state index contributed by atoms with van der Waals surface area (Å²) in [5.74, 6) is -1.07. The molecule has 2 rings (SSSR count). The summed E-state index contributed by atoms with van der Waals surface area (Å²) in [7, 11) is 0. The molecule has 1 amide bonds. The van der Waals surface area contributed by atoms with Gasteiger partial charge in [0.25, 0.3) is 5.91 Å². The van der Waals surface area contributed by atoms with Crippen LogP contribution in [0.1, 0.15) is 48.6 Å². The Labute approximate surface area is 153 Å². The summed E-state index contributed by atoms with van der Waals surface area (Å²) >= 11 is 3.56. The lowest BCUT2D eigenvalue weighted by Gasteiger charge is -2.17. The Hall–Kier alpha value is -1.02. The van der Waals surface area contributed by atoms with E-state index in [-0.39, 0.29) is 11.0 Å². The maximum Gasteiger partial charge on any atom is 0.282 e. The third-order valence-electron chi connectivity index (χ3n) is 3.51. The number of halogens is 2. The van der Waals surface area contributed by atoms with Gasteiger partial charge in [0.2, 0.25) is 0 Å². The van der Waals surface area contributed by atoms with Crippen LogP contribution < -0.4 is 4.80 Å². The molecule has 0 atom stereocenters. The van der Waals surface area contributed by atoms with Crippen LogP contribution in [0.3, 0.4) is 0 Å². The SMILES string of the molecule is CCn1c(C)c(C(C)(C)C)s/c1=N\C(=O)c1cc(I)ccc1F. The quantitative estimate of drug-likeness (QED) is 0.618. The van der Waals surface area contributed by atoms with E-state index in [2.05, 4.69) is 48.4 Å². The number of aromatic nitrogens is 1. The van der Waals surface area contributed by atoms with E-state index in [1.165, 1.54) is 28.3 Å². The van der Waals surface area contributed by atoms with Crippen molar-refractivity contribution >= 4 is 39.8 Å². The van der Waals surface area contributed by atoms with Crippen LogP contribution in [0.4, 0.5) is 4.39 Å². The lowest BCUT2D eigenvalue weighted by atomic mass is 9.93. The third kappa shape index (κ3) is 3.91. The summed E-state index contributed by atoms with van der Waals surface area (Å²) in [6.45, 7) is 11.2. The summed E-state index contributed by atoms with van der Waals surface area (Å²) in [5, 5.41) is 0. The van der Waals surface area contributed by atoms with Crippen molar-refractivity contribution in [2.45, 2.75) is 46.6 Å². The van der Waals surface area contributed by atoms with Crippen LogP contribution in [-0.4, -0.2) is 10.5 Å². The van der Waals surface area contributed by atoms with Crippen molar-refractivity contribution in [1.29, 1.82) is 0 Å². The summed E-state index contributed by atoms with van der Waals surface area (Å²) in [6.07, 6.45) is 0. The van der Waals surface area contributed by atoms with E-state index >= 15 is 0 Å². The molecule has 2 aromatic rings. The van der Waals surface area contributed by atoms with E-state index in [0.717, 1.165) is 15.8 Å². The van der Waals surface area contributed by atoms with E-state index in [4.69, 9.17) is 0 Å². The Bertz CT molecular complexity index is 815. The van der Waals surface area contributed by atoms with Crippen LogP contribution in [0, 0.1) is 16.3 Å². The fourth-order valence-corrected chi connectivity index (χ4v) is 4.19. The highest BCUT2D eigenvalue weighted by atomic mass is 127. The zero-order valence-corrected chi connectivity index (χ0v) is 16.9. The summed E-state index contributed by atoms with van der Waals surface area (Å²) in [6, 6.07) is 4.47. The number of benzene rings is 1. The molecule has 0 bridgehead atoms. The van der Waals surface area contributed by atoms with Gasteiger partial charge in [0, 0.05) is 20.7 Å². The number of nitrogens with zero attached hydrogens (tertiary/aromatic N) is 2. The molecule has 0 radical (unpaired) electrons. The van der Waals surface area contributed by atoms with Gasteiger partial charge in [0.1, 0.15) is 5.82 Å². The van der Waals surface area contributed by atoms with Gasteiger partial charge in [-0.15, -0.1) is 11.3 Å². The molecule has 1 aromatic carbocycles. The maximum absolute atomic E-state index is 13.9. The Balaban J connectivity index is 2.59. The topological polar surface area (TPSA) is 34.4 Å². The van der Waals surface area contributed by atoms with Crippen LogP contribution in [0.15, 0.2) is 23.2 Å². The molecule has 0 aliphatic rings. The number of hydrogen-bond donors (Lipinski definition) is 0. The third-order valence-corrected chi connectivity index (χ3v) is 5.79. The Morgan fingerprint density at radius 3 is 2.61 bits per heavy atom. The van der Waals surface area contributed by atoms with Crippen LogP contribution in [0.5, 0.6) is 0 Å².